The molecule has 4 heterocycles. The Morgan fingerprint density at radius 1 is 1.29 bits per heavy atom. The van der Waals surface area contributed by atoms with Crippen molar-refractivity contribution in [2.45, 2.75) is 44.6 Å². The van der Waals surface area contributed by atoms with E-state index in [2.05, 4.69) is 35.4 Å². The van der Waals surface area contributed by atoms with Crippen molar-refractivity contribution in [3.05, 3.63) is 29.7 Å². The maximum Gasteiger partial charge on any atom is 0.319 e. The number of fused-ring (bicyclic) bond motifs is 1. The van der Waals surface area contributed by atoms with E-state index in [1.165, 1.54) is 0 Å². The fourth-order valence-corrected chi connectivity index (χ4v) is 4.63. The highest BCUT2D eigenvalue weighted by molar-refractivity contribution is 5.93. The van der Waals surface area contributed by atoms with Crippen LogP contribution in [0.2, 0.25) is 0 Å². The van der Waals surface area contributed by atoms with Crippen molar-refractivity contribution in [1.82, 2.24) is 30.5 Å². The fourth-order valence-electron chi connectivity index (χ4n) is 4.63. The van der Waals surface area contributed by atoms with Crippen molar-refractivity contribution in [3.8, 4) is 11.8 Å². The molecule has 1 aliphatic carbocycles. The van der Waals surface area contributed by atoms with Gasteiger partial charge in [-0.2, -0.15) is 15.1 Å². The lowest BCUT2D eigenvalue weighted by atomic mass is 9.92. The summed E-state index contributed by atoms with van der Waals surface area (Å²) in [4.78, 5) is 28.1. The van der Waals surface area contributed by atoms with E-state index in [1.807, 2.05) is 13.0 Å². The average molecular weight is 482 g/mol. The molecule has 2 fully saturated rings. The third-order valence-electron chi connectivity index (χ3n) is 6.78. The third kappa shape index (κ3) is 5.00. The Morgan fingerprint density at radius 2 is 2.09 bits per heavy atom. The topological polar surface area (TPSA) is 138 Å². The van der Waals surface area contributed by atoms with Gasteiger partial charge in [0, 0.05) is 37.8 Å². The molecule has 1 aliphatic heterocycles. The lowest BCUT2D eigenvalue weighted by Gasteiger charge is -2.32. The number of hydrogen-bond donors (Lipinski definition) is 3. The summed E-state index contributed by atoms with van der Waals surface area (Å²) in [7, 11) is 1.65. The number of pyridine rings is 1. The number of carbonyl (C=O) groups is 1. The quantitative estimate of drug-likeness (QED) is 0.419. The average Bonchev–Trinajstić information content (AvgIpc) is 3.66. The molecule has 0 aromatic carbocycles. The van der Waals surface area contributed by atoms with E-state index in [1.54, 1.807) is 19.4 Å². The summed E-state index contributed by atoms with van der Waals surface area (Å²) in [6.45, 7) is 3.53. The van der Waals surface area contributed by atoms with Crippen LogP contribution in [0.5, 0.6) is 11.8 Å². The number of amides is 1. The van der Waals surface area contributed by atoms with Crippen LogP contribution in [0, 0.1) is 5.92 Å². The van der Waals surface area contributed by atoms with Gasteiger partial charge in [0.05, 0.1) is 24.8 Å². The second-order valence-electron chi connectivity index (χ2n) is 9.14. The Hall–Kier alpha value is -3.47. The van der Waals surface area contributed by atoms with Gasteiger partial charge in [-0.3, -0.25) is 9.89 Å². The van der Waals surface area contributed by atoms with E-state index >= 15 is 0 Å². The number of methoxy groups -OCH3 is 1. The summed E-state index contributed by atoms with van der Waals surface area (Å²) in [6, 6.07) is 3.76. The van der Waals surface area contributed by atoms with Crippen molar-refractivity contribution in [3.63, 3.8) is 0 Å². The highest BCUT2D eigenvalue weighted by atomic mass is 16.5. The number of ether oxygens (including phenoxy) is 2. The largest absolute Gasteiger partial charge is 0.496 e. The molecule has 3 aromatic rings. The van der Waals surface area contributed by atoms with Gasteiger partial charge in [0.15, 0.2) is 5.65 Å². The standard InChI is InChI=1S/C24H31N7O4/c1-14(15-3-4-15)35-24-27-17(23(33)26-9-12-32)13-19(28-24)31-10-6-16(7-11-31)21-20-18(34-2)5-8-25-22(20)30-29-21/h5,8,13-16,32H,3-4,6-7,9-12H2,1-2H3,(H,26,33)(H,25,29,30)/t14-/m0/s1. The zero-order chi connectivity index (χ0) is 24.4. The number of hydrogen-bond acceptors (Lipinski definition) is 9. The maximum absolute atomic E-state index is 12.6. The van der Waals surface area contributed by atoms with Crippen molar-refractivity contribution in [1.29, 1.82) is 0 Å². The molecular weight excluding hydrogens is 450 g/mol. The van der Waals surface area contributed by atoms with Gasteiger partial charge in [-0.1, -0.05) is 0 Å². The summed E-state index contributed by atoms with van der Waals surface area (Å²) in [5, 5.41) is 20.2. The molecule has 0 unspecified atom stereocenters. The van der Waals surface area contributed by atoms with Crippen LogP contribution in [0.1, 0.15) is 54.7 Å². The van der Waals surface area contributed by atoms with Crippen molar-refractivity contribution in [2.24, 2.45) is 5.92 Å². The summed E-state index contributed by atoms with van der Waals surface area (Å²) < 4.78 is 11.5. The van der Waals surface area contributed by atoms with Gasteiger partial charge in [-0.25, -0.2) is 4.98 Å². The SMILES string of the molecule is COc1ccnc2[nH]nc(C3CCN(c4cc(C(=O)NCCO)nc(O[C@@H](C)C5CC5)n4)CC3)c12. The lowest BCUT2D eigenvalue weighted by Crippen LogP contribution is -2.34. The predicted octanol–water partition coefficient (Wildman–Crippen LogP) is 2.04. The highest BCUT2D eigenvalue weighted by Gasteiger charge is 2.31. The summed E-state index contributed by atoms with van der Waals surface area (Å²) in [5.74, 6) is 1.83. The lowest BCUT2D eigenvalue weighted by molar-refractivity contribution is 0.0936. The molecule has 1 saturated heterocycles. The summed E-state index contributed by atoms with van der Waals surface area (Å²) in [5.41, 5.74) is 1.93. The molecule has 1 saturated carbocycles. The number of carbonyl (C=O) groups excluding carboxylic acids is 1. The Balaban J connectivity index is 1.35. The Morgan fingerprint density at radius 3 is 2.80 bits per heavy atom. The molecule has 1 atom stereocenters. The summed E-state index contributed by atoms with van der Waals surface area (Å²) >= 11 is 0. The number of aliphatic hydroxyl groups excluding tert-OH is 1. The van der Waals surface area contributed by atoms with E-state index in [0.29, 0.717) is 11.7 Å². The number of nitrogens with zero attached hydrogens (tertiary/aromatic N) is 5. The van der Waals surface area contributed by atoms with E-state index in [-0.39, 0.29) is 42.8 Å². The van der Waals surface area contributed by atoms with Crippen LogP contribution < -0.4 is 19.7 Å². The zero-order valence-corrected chi connectivity index (χ0v) is 20.0. The second-order valence-corrected chi connectivity index (χ2v) is 9.14. The smallest absolute Gasteiger partial charge is 0.319 e. The monoisotopic (exact) mass is 481 g/mol. The third-order valence-corrected chi connectivity index (χ3v) is 6.78. The van der Waals surface area contributed by atoms with E-state index in [0.717, 1.165) is 61.2 Å². The minimum absolute atomic E-state index is 0.000811. The summed E-state index contributed by atoms with van der Waals surface area (Å²) in [6.07, 6.45) is 5.71. The van der Waals surface area contributed by atoms with Gasteiger partial charge in [0.2, 0.25) is 0 Å². The first-order valence-corrected chi connectivity index (χ1v) is 12.1. The van der Waals surface area contributed by atoms with Gasteiger partial charge in [-0.15, -0.1) is 0 Å². The van der Waals surface area contributed by atoms with Crippen molar-refractivity contribution < 1.29 is 19.4 Å². The van der Waals surface area contributed by atoms with Crippen molar-refractivity contribution >= 4 is 22.8 Å². The number of piperidine rings is 1. The molecule has 35 heavy (non-hydrogen) atoms. The van der Waals surface area contributed by atoms with Gasteiger partial charge >= 0.3 is 6.01 Å². The van der Waals surface area contributed by atoms with E-state index in [4.69, 9.17) is 14.6 Å². The number of anilines is 1. The molecule has 5 rings (SSSR count). The molecule has 2 aliphatic rings. The van der Waals surface area contributed by atoms with Crippen LogP contribution in [0.3, 0.4) is 0 Å². The zero-order valence-electron chi connectivity index (χ0n) is 20.0. The van der Waals surface area contributed by atoms with E-state index in [9.17, 15) is 4.79 Å². The molecule has 11 heteroatoms. The molecule has 186 valence electrons. The Bertz CT molecular complexity index is 1190. The Labute approximate surface area is 203 Å². The molecule has 1 amide bonds. The van der Waals surface area contributed by atoms with Crippen LogP contribution in [-0.4, -0.2) is 75.6 Å². The van der Waals surface area contributed by atoms with Crippen LogP contribution in [0.4, 0.5) is 5.82 Å². The highest BCUT2D eigenvalue weighted by Crippen LogP contribution is 2.37. The molecule has 3 N–H and O–H groups in total. The minimum atomic E-state index is -0.357. The number of aromatic amines is 1. The normalized spacial score (nSPS) is 17.4. The van der Waals surface area contributed by atoms with Crippen LogP contribution in [0.25, 0.3) is 11.0 Å². The minimum Gasteiger partial charge on any atom is -0.496 e. The van der Waals surface area contributed by atoms with Gasteiger partial charge in [-0.05, 0) is 44.6 Å². The molecule has 11 nitrogen and oxygen atoms in total. The molecular formula is C24H31N7O4. The molecule has 0 radical (unpaired) electrons. The number of aromatic nitrogens is 5. The second kappa shape index (κ2) is 10.0. The number of nitrogens with one attached hydrogen (secondary N) is 2. The fraction of sp³-hybridized carbons (Fsp3) is 0.542. The molecule has 0 spiro atoms. The first-order valence-electron chi connectivity index (χ1n) is 12.1. The molecule has 0 bridgehead atoms. The number of rotatable bonds is 9. The van der Waals surface area contributed by atoms with Gasteiger partial charge < -0.3 is 24.8 Å². The van der Waals surface area contributed by atoms with E-state index < -0.39 is 0 Å². The molecule has 3 aromatic heterocycles. The maximum atomic E-state index is 12.6. The van der Waals surface area contributed by atoms with Gasteiger partial charge in [0.25, 0.3) is 5.91 Å². The van der Waals surface area contributed by atoms with Gasteiger partial charge in [0.1, 0.15) is 23.4 Å². The van der Waals surface area contributed by atoms with Crippen LogP contribution in [-0.2, 0) is 0 Å². The predicted molar refractivity (Wildman–Crippen MR) is 129 cm³/mol. The van der Waals surface area contributed by atoms with Crippen LogP contribution in [0.15, 0.2) is 18.3 Å². The number of aliphatic hydroxyl groups is 1. The van der Waals surface area contributed by atoms with Crippen molar-refractivity contribution in [2.75, 3.05) is 38.3 Å². The van der Waals surface area contributed by atoms with Crippen LogP contribution >= 0.6 is 0 Å². The Kier molecular flexibility index (Phi) is 6.67. The first kappa shape index (κ1) is 23.3. The first-order chi connectivity index (χ1) is 17.1. The number of H-pyrrole nitrogens is 1.